The smallest absolute Gasteiger partial charge is 0.239 e. The molecule has 0 saturated carbocycles. The summed E-state index contributed by atoms with van der Waals surface area (Å²) in [5.74, 6) is 0.569. The predicted molar refractivity (Wildman–Crippen MR) is 167 cm³/mol. The monoisotopic (exact) mass is 576 g/mol. The van der Waals surface area contributed by atoms with Crippen molar-refractivity contribution in [1.82, 2.24) is 9.97 Å². The molecule has 3 aromatic carbocycles. The van der Waals surface area contributed by atoms with Gasteiger partial charge < -0.3 is 10.1 Å². The van der Waals surface area contributed by atoms with Crippen molar-refractivity contribution in [1.29, 1.82) is 5.26 Å². The first-order valence-electron chi connectivity index (χ1n) is 13.1. The topological polar surface area (TPSA) is 87.9 Å². The molecule has 8 heteroatoms. The van der Waals surface area contributed by atoms with Crippen molar-refractivity contribution in [3.63, 3.8) is 0 Å². The minimum Gasteiger partial charge on any atom is -0.497 e. The third-order valence-corrected chi connectivity index (χ3v) is 8.68. The summed E-state index contributed by atoms with van der Waals surface area (Å²) >= 11 is 2.69. The SMILES string of the molecule is CCC(Sc1nc(-c2ccc(OC)cc2)cc(-c2ccc(C)cc2)c1C#N)C(=O)Nc1nc(-c2ccccc2)cs1. The Bertz CT molecular complexity index is 1690. The highest BCUT2D eigenvalue weighted by molar-refractivity contribution is 8.00. The van der Waals surface area contributed by atoms with Gasteiger partial charge in [0, 0.05) is 22.1 Å². The number of nitrogens with zero attached hydrogens (tertiary/aromatic N) is 3. The standard InChI is InChI=1S/C33H28N4O2S2/c1-4-30(31(38)37-33-36-29(20-40-33)23-8-6-5-7-9-23)41-32-27(19-34)26(22-12-10-21(2)11-13-22)18-28(35-32)24-14-16-25(39-3)17-15-24/h5-18,20,30H,4H2,1-3H3,(H,36,37,38). The average molecular weight is 577 g/mol. The number of benzene rings is 3. The summed E-state index contributed by atoms with van der Waals surface area (Å²) in [5, 5.41) is 15.8. The number of carbonyl (C=O) groups is 1. The second-order valence-electron chi connectivity index (χ2n) is 9.35. The maximum Gasteiger partial charge on any atom is 0.239 e. The van der Waals surface area contributed by atoms with Crippen LogP contribution in [0.25, 0.3) is 33.6 Å². The van der Waals surface area contributed by atoms with E-state index in [0.717, 1.165) is 39.3 Å². The molecular formula is C33H28N4O2S2. The van der Waals surface area contributed by atoms with Gasteiger partial charge in [0.05, 0.1) is 29.3 Å². The molecule has 1 unspecified atom stereocenters. The van der Waals surface area contributed by atoms with Crippen LogP contribution < -0.4 is 10.1 Å². The molecule has 0 aliphatic heterocycles. The van der Waals surface area contributed by atoms with Crippen LogP contribution in [-0.2, 0) is 4.79 Å². The molecule has 5 rings (SSSR count). The Kier molecular flexibility index (Phi) is 8.78. The molecule has 204 valence electrons. The lowest BCUT2D eigenvalue weighted by Crippen LogP contribution is -2.24. The number of amides is 1. The molecule has 6 nitrogen and oxygen atoms in total. The Morgan fingerprint density at radius 3 is 2.32 bits per heavy atom. The fourth-order valence-electron chi connectivity index (χ4n) is 4.30. The lowest BCUT2D eigenvalue weighted by molar-refractivity contribution is -0.115. The van der Waals surface area contributed by atoms with Crippen LogP contribution >= 0.6 is 23.1 Å². The van der Waals surface area contributed by atoms with Gasteiger partial charge >= 0.3 is 0 Å². The minimum atomic E-state index is -0.476. The Morgan fingerprint density at radius 2 is 1.66 bits per heavy atom. The summed E-state index contributed by atoms with van der Waals surface area (Å²) in [7, 11) is 1.63. The van der Waals surface area contributed by atoms with Crippen molar-refractivity contribution < 1.29 is 9.53 Å². The van der Waals surface area contributed by atoms with E-state index in [1.807, 2.05) is 104 Å². The summed E-state index contributed by atoms with van der Waals surface area (Å²) in [6, 6.07) is 29.9. The van der Waals surface area contributed by atoms with Gasteiger partial charge in [0.2, 0.25) is 5.91 Å². The predicted octanol–water partition coefficient (Wildman–Crippen LogP) is 8.24. The lowest BCUT2D eigenvalue weighted by atomic mass is 9.98. The number of hydrogen-bond donors (Lipinski definition) is 1. The zero-order valence-corrected chi connectivity index (χ0v) is 24.6. The Morgan fingerprint density at radius 1 is 0.976 bits per heavy atom. The number of methoxy groups -OCH3 is 1. The highest BCUT2D eigenvalue weighted by Crippen LogP contribution is 2.37. The Hall–Kier alpha value is -4.45. The van der Waals surface area contributed by atoms with E-state index < -0.39 is 5.25 Å². The van der Waals surface area contributed by atoms with E-state index in [1.54, 1.807) is 7.11 Å². The van der Waals surface area contributed by atoms with Gasteiger partial charge in [-0.3, -0.25) is 4.79 Å². The molecule has 5 aromatic rings. The van der Waals surface area contributed by atoms with Crippen molar-refractivity contribution >= 4 is 34.1 Å². The van der Waals surface area contributed by atoms with Crippen molar-refractivity contribution in [3.05, 3.63) is 101 Å². The van der Waals surface area contributed by atoms with E-state index in [9.17, 15) is 10.1 Å². The molecule has 0 spiro atoms. The molecule has 0 saturated heterocycles. The van der Waals surface area contributed by atoms with E-state index >= 15 is 0 Å². The summed E-state index contributed by atoms with van der Waals surface area (Å²) < 4.78 is 5.32. The summed E-state index contributed by atoms with van der Waals surface area (Å²) in [4.78, 5) is 22.9. The number of rotatable bonds is 9. The van der Waals surface area contributed by atoms with Crippen LogP contribution in [-0.4, -0.2) is 28.2 Å². The number of hydrogen-bond acceptors (Lipinski definition) is 7. The van der Waals surface area contributed by atoms with Crippen LogP contribution in [0, 0.1) is 18.3 Å². The van der Waals surface area contributed by atoms with Gasteiger partial charge in [0.1, 0.15) is 16.8 Å². The molecule has 2 heterocycles. The first-order chi connectivity index (χ1) is 20.0. The largest absolute Gasteiger partial charge is 0.497 e. The molecule has 1 N–H and O–H groups in total. The number of carbonyl (C=O) groups excluding carboxylic acids is 1. The second kappa shape index (κ2) is 12.8. The Labute approximate surface area is 248 Å². The first kappa shape index (κ1) is 28.1. The number of anilines is 1. The first-order valence-corrected chi connectivity index (χ1v) is 14.9. The highest BCUT2D eigenvalue weighted by Gasteiger charge is 2.24. The third-order valence-electron chi connectivity index (χ3n) is 6.57. The normalized spacial score (nSPS) is 11.5. The van der Waals surface area contributed by atoms with Crippen LogP contribution in [0.2, 0.25) is 0 Å². The van der Waals surface area contributed by atoms with Gasteiger partial charge in [-0.2, -0.15) is 5.26 Å². The fourth-order valence-corrected chi connectivity index (χ4v) is 6.05. The van der Waals surface area contributed by atoms with E-state index in [0.29, 0.717) is 27.8 Å². The van der Waals surface area contributed by atoms with Gasteiger partial charge in [0.25, 0.3) is 0 Å². The quantitative estimate of drug-likeness (QED) is 0.178. The number of thiazole rings is 1. The van der Waals surface area contributed by atoms with E-state index in [4.69, 9.17) is 9.72 Å². The van der Waals surface area contributed by atoms with Crippen molar-refractivity contribution in [2.45, 2.75) is 30.5 Å². The van der Waals surface area contributed by atoms with Crippen molar-refractivity contribution in [2.24, 2.45) is 0 Å². The van der Waals surface area contributed by atoms with E-state index in [1.165, 1.54) is 23.1 Å². The molecule has 41 heavy (non-hydrogen) atoms. The molecule has 0 fully saturated rings. The van der Waals surface area contributed by atoms with Crippen molar-refractivity contribution in [2.75, 3.05) is 12.4 Å². The molecule has 2 aromatic heterocycles. The van der Waals surface area contributed by atoms with Crippen LogP contribution in [0.1, 0.15) is 24.5 Å². The number of nitrogens with one attached hydrogen (secondary N) is 1. The molecule has 1 amide bonds. The minimum absolute atomic E-state index is 0.177. The van der Waals surface area contributed by atoms with E-state index in [-0.39, 0.29) is 5.91 Å². The molecule has 1 atom stereocenters. The molecule has 0 aliphatic rings. The number of aromatic nitrogens is 2. The maximum atomic E-state index is 13.4. The Balaban J connectivity index is 1.48. The van der Waals surface area contributed by atoms with Gasteiger partial charge in [-0.25, -0.2) is 9.97 Å². The number of thioether (sulfide) groups is 1. The van der Waals surface area contributed by atoms with Crippen LogP contribution in [0.3, 0.4) is 0 Å². The molecule has 0 aliphatic carbocycles. The number of pyridine rings is 1. The van der Waals surface area contributed by atoms with Crippen LogP contribution in [0.5, 0.6) is 5.75 Å². The second-order valence-corrected chi connectivity index (χ2v) is 11.4. The third kappa shape index (κ3) is 6.49. The molecular weight excluding hydrogens is 549 g/mol. The molecule has 0 bridgehead atoms. The number of nitriles is 1. The van der Waals surface area contributed by atoms with Crippen LogP contribution in [0.15, 0.2) is 95.3 Å². The van der Waals surface area contributed by atoms with Crippen LogP contribution in [0.4, 0.5) is 5.13 Å². The highest BCUT2D eigenvalue weighted by atomic mass is 32.2. The lowest BCUT2D eigenvalue weighted by Gasteiger charge is -2.17. The summed E-state index contributed by atoms with van der Waals surface area (Å²) in [6.07, 6.45) is 0.548. The van der Waals surface area contributed by atoms with Gasteiger partial charge in [0.15, 0.2) is 5.13 Å². The van der Waals surface area contributed by atoms with E-state index in [2.05, 4.69) is 16.4 Å². The van der Waals surface area contributed by atoms with Crippen molar-refractivity contribution in [3.8, 4) is 45.5 Å². The number of ether oxygens (including phenoxy) is 1. The van der Waals surface area contributed by atoms with Gasteiger partial charge in [-0.15, -0.1) is 11.3 Å². The van der Waals surface area contributed by atoms with Gasteiger partial charge in [-0.05, 0) is 49.2 Å². The fraction of sp³-hybridized carbons (Fsp3) is 0.152. The maximum absolute atomic E-state index is 13.4. The molecule has 0 radical (unpaired) electrons. The average Bonchev–Trinajstić information content (AvgIpc) is 3.48. The van der Waals surface area contributed by atoms with Gasteiger partial charge in [-0.1, -0.05) is 78.8 Å². The zero-order valence-electron chi connectivity index (χ0n) is 22.9. The summed E-state index contributed by atoms with van der Waals surface area (Å²) in [5.41, 5.74) is 6.68. The summed E-state index contributed by atoms with van der Waals surface area (Å²) in [6.45, 7) is 3.98. The zero-order chi connectivity index (χ0) is 28.8. The number of aryl methyl sites for hydroxylation is 1.